The van der Waals surface area contributed by atoms with Crippen molar-refractivity contribution in [2.45, 2.75) is 12.5 Å². The number of ether oxygens (including phenoxy) is 1. The van der Waals surface area contributed by atoms with Crippen LogP contribution in [-0.4, -0.2) is 42.9 Å². The molecule has 0 unspecified atom stereocenters. The number of hydrogen-bond donors (Lipinski definition) is 0. The van der Waals surface area contributed by atoms with E-state index in [1.807, 2.05) is 60.7 Å². The van der Waals surface area contributed by atoms with E-state index in [-0.39, 0.29) is 29.6 Å². The highest BCUT2D eigenvalue weighted by Gasteiger charge is 2.45. The first-order chi connectivity index (χ1) is 13.2. The Morgan fingerprint density at radius 2 is 1.74 bits per heavy atom. The molecule has 1 aliphatic carbocycles. The number of allylic oxidation sites excluding steroid dienone is 1. The van der Waals surface area contributed by atoms with Crippen molar-refractivity contribution in [1.29, 1.82) is 0 Å². The van der Waals surface area contributed by atoms with Crippen molar-refractivity contribution in [3.8, 4) is 0 Å². The average molecular weight is 361 g/mol. The highest BCUT2D eigenvalue weighted by atomic mass is 16.5. The molecule has 0 saturated carbocycles. The van der Waals surface area contributed by atoms with E-state index in [2.05, 4.69) is 11.0 Å². The third kappa shape index (κ3) is 3.45. The molecule has 0 amide bonds. The molecule has 27 heavy (non-hydrogen) atoms. The number of hydrogen-bond acceptors (Lipinski definition) is 4. The number of likely N-dealkylation sites (tertiary alicyclic amines) is 1. The number of carbonyl (C=O) groups is 2. The maximum atomic E-state index is 12.9. The van der Waals surface area contributed by atoms with Crippen LogP contribution >= 0.6 is 0 Å². The third-order valence-electron chi connectivity index (χ3n) is 5.65. The molecule has 2 aromatic rings. The zero-order valence-corrected chi connectivity index (χ0v) is 15.4. The molecule has 0 aromatic heterocycles. The van der Waals surface area contributed by atoms with Gasteiger partial charge in [-0.2, -0.15) is 0 Å². The molecule has 1 heterocycles. The van der Waals surface area contributed by atoms with Gasteiger partial charge in [0.2, 0.25) is 0 Å². The molecule has 0 bridgehead atoms. The number of esters is 1. The van der Waals surface area contributed by atoms with E-state index >= 15 is 0 Å². The summed E-state index contributed by atoms with van der Waals surface area (Å²) >= 11 is 0. The Morgan fingerprint density at radius 1 is 1.07 bits per heavy atom. The molecular weight excluding hydrogens is 338 g/mol. The van der Waals surface area contributed by atoms with Gasteiger partial charge in [0.05, 0.1) is 7.11 Å². The molecule has 4 rings (SSSR count). The molecule has 0 radical (unpaired) electrons. The van der Waals surface area contributed by atoms with E-state index in [1.54, 1.807) is 0 Å². The van der Waals surface area contributed by atoms with Crippen molar-refractivity contribution in [2.24, 2.45) is 11.8 Å². The fourth-order valence-electron chi connectivity index (χ4n) is 4.25. The number of ketones is 1. The molecule has 2 aromatic carbocycles. The van der Waals surface area contributed by atoms with Crippen LogP contribution < -0.4 is 0 Å². The number of benzene rings is 2. The summed E-state index contributed by atoms with van der Waals surface area (Å²) in [5.41, 5.74) is 2.90. The fraction of sp³-hybridized carbons (Fsp3) is 0.304. The zero-order chi connectivity index (χ0) is 18.8. The van der Waals surface area contributed by atoms with Crippen LogP contribution in [0.4, 0.5) is 0 Å². The predicted octanol–water partition coefficient (Wildman–Crippen LogP) is 2.99. The molecular formula is C23H23NO3. The highest BCUT2D eigenvalue weighted by molar-refractivity contribution is 6.24. The van der Waals surface area contributed by atoms with Crippen LogP contribution in [0.2, 0.25) is 0 Å². The number of methoxy groups -OCH3 is 1. The van der Waals surface area contributed by atoms with Gasteiger partial charge in [-0.3, -0.25) is 14.5 Å². The summed E-state index contributed by atoms with van der Waals surface area (Å²) in [5, 5.41) is 0. The van der Waals surface area contributed by atoms with Gasteiger partial charge < -0.3 is 4.74 Å². The lowest BCUT2D eigenvalue weighted by Crippen LogP contribution is -2.42. The van der Waals surface area contributed by atoms with Crippen LogP contribution in [-0.2, 0) is 20.7 Å². The zero-order valence-electron chi connectivity index (χ0n) is 15.4. The van der Waals surface area contributed by atoms with Gasteiger partial charge >= 0.3 is 5.97 Å². The standard InChI is InChI=1S/C23H23NO3/c1-27-23(26)21(12-16-8-4-2-5-9-16)24-14-18-13-19(22(25)20(18)15-24)17-10-6-3-7-11-17/h2-11,13,18,20-21H,12,14-15H2,1H3/t18-,20+,21+/m1/s1. The van der Waals surface area contributed by atoms with E-state index in [9.17, 15) is 9.59 Å². The monoisotopic (exact) mass is 361 g/mol. The molecule has 4 nitrogen and oxygen atoms in total. The Hall–Kier alpha value is -2.72. The van der Waals surface area contributed by atoms with Gasteiger partial charge in [0.25, 0.3) is 0 Å². The van der Waals surface area contributed by atoms with Crippen molar-refractivity contribution in [1.82, 2.24) is 4.90 Å². The van der Waals surface area contributed by atoms with Gasteiger partial charge in [-0.25, -0.2) is 0 Å². The lowest BCUT2D eigenvalue weighted by Gasteiger charge is -2.26. The van der Waals surface area contributed by atoms with Gasteiger partial charge in [0, 0.05) is 30.5 Å². The number of rotatable bonds is 5. The van der Waals surface area contributed by atoms with E-state index in [0.29, 0.717) is 19.5 Å². The number of carbonyl (C=O) groups excluding carboxylic acids is 2. The van der Waals surface area contributed by atoms with Crippen LogP contribution in [0.25, 0.3) is 5.57 Å². The summed E-state index contributed by atoms with van der Waals surface area (Å²) in [5.74, 6) is 0.0503. The van der Waals surface area contributed by atoms with Crippen LogP contribution in [0.3, 0.4) is 0 Å². The summed E-state index contributed by atoms with van der Waals surface area (Å²) < 4.78 is 5.06. The summed E-state index contributed by atoms with van der Waals surface area (Å²) in [7, 11) is 1.43. The van der Waals surface area contributed by atoms with Crippen LogP contribution in [0.1, 0.15) is 11.1 Å². The van der Waals surface area contributed by atoms with Crippen molar-refractivity contribution in [3.05, 3.63) is 77.9 Å². The molecule has 138 valence electrons. The van der Waals surface area contributed by atoms with Crippen molar-refractivity contribution in [2.75, 3.05) is 20.2 Å². The fourth-order valence-corrected chi connectivity index (χ4v) is 4.25. The van der Waals surface area contributed by atoms with Gasteiger partial charge in [0.15, 0.2) is 5.78 Å². The summed E-state index contributed by atoms with van der Waals surface area (Å²) in [6.07, 6.45) is 2.69. The predicted molar refractivity (Wildman–Crippen MR) is 104 cm³/mol. The molecule has 1 saturated heterocycles. The number of fused-ring (bicyclic) bond motifs is 1. The Morgan fingerprint density at radius 3 is 2.37 bits per heavy atom. The second-order valence-corrected chi connectivity index (χ2v) is 7.26. The third-order valence-corrected chi connectivity index (χ3v) is 5.65. The summed E-state index contributed by atoms with van der Waals surface area (Å²) in [4.78, 5) is 27.5. The quantitative estimate of drug-likeness (QED) is 0.768. The van der Waals surface area contributed by atoms with Crippen LogP contribution in [0.5, 0.6) is 0 Å². The second kappa shape index (κ2) is 7.49. The Balaban J connectivity index is 1.53. The normalized spacial score (nSPS) is 23.0. The smallest absolute Gasteiger partial charge is 0.323 e. The van der Waals surface area contributed by atoms with E-state index in [0.717, 1.165) is 16.7 Å². The minimum atomic E-state index is -0.357. The molecule has 0 N–H and O–H groups in total. The SMILES string of the molecule is COC(=O)[C@H](Cc1ccccc1)N1C[C@H]2C=C(c3ccccc3)C(=O)[C@H]2C1. The van der Waals surface area contributed by atoms with E-state index in [4.69, 9.17) is 4.74 Å². The Bertz CT molecular complexity index is 860. The second-order valence-electron chi connectivity index (χ2n) is 7.26. The summed E-state index contributed by atoms with van der Waals surface area (Å²) in [6, 6.07) is 19.4. The number of nitrogens with zero attached hydrogens (tertiary/aromatic N) is 1. The van der Waals surface area contributed by atoms with Crippen LogP contribution in [0.15, 0.2) is 66.7 Å². The molecule has 1 aliphatic heterocycles. The molecule has 1 fully saturated rings. The van der Waals surface area contributed by atoms with Gasteiger partial charge in [0.1, 0.15) is 6.04 Å². The lowest BCUT2D eigenvalue weighted by atomic mass is 9.97. The molecule has 4 heteroatoms. The van der Waals surface area contributed by atoms with Crippen LogP contribution in [0, 0.1) is 11.8 Å². The van der Waals surface area contributed by atoms with Gasteiger partial charge in [-0.15, -0.1) is 0 Å². The van der Waals surface area contributed by atoms with Crippen molar-refractivity contribution >= 4 is 17.3 Å². The lowest BCUT2D eigenvalue weighted by molar-refractivity contribution is -0.146. The molecule has 3 atom stereocenters. The largest absolute Gasteiger partial charge is 0.468 e. The highest BCUT2D eigenvalue weighted by Crippen LogP contribution is 2.39. The first-order valence-electron chi connectivity index (χ1n) is 9.34. The average Bonchev–Trinajstić information content (AvgIpc) is 3.26. The maximum Gasteiger partial charge on any atom is 0.323 e. The number of Topliss-reactive ketones (excluding diaryl/α,β-unsaturated/α-hetero) is 1. The first kappa shape index (κ1) is 17.7. The summed E-state index contributed by atoms with van der Waals surface area (Å²) in [6.45, 7) is 1.31. The molecule has 0 spiro atoms. The van der Waals surface area contributed by atoms with Crippen molar-refractivity contribution in [3.63, 3.8) is 0 Å². The molecule has 2 aliphatic rings. The van der Waals surface area contributed by atoms with Gasteiger partial charge in [-0.05, 0) is 17.5 Å². The van der Waals surface area contributed by atoms with E-state index in [1.165, 1.54) is 7.11 Å². The maximum absolute atomic E-state index is 12.9. The minimum absolute atomic E-state index is 0.0665. The van der Waals surface area contributed by atoms with E-state index < -0.39 is 0 Å². The first-order valence-corrected chi connectivity index (χ1v) is 9.34. The Labute approximate surface area is 159 Å². The van der Waals surface area contributed by atoms with Crippen molar-refractivity contribution < 1.29 is 14.3 Å². The Kier molecular flexibility index (Phi) is 4.90. The minimum Gasteiger partial charge on any atom is -0.468 e. The topological polar surface area (TPSA) is 46.6 Å². The van der Waals surface area contributed by atoms with Gasteiger partial charge in [-0.1, -0.05) is 66.7 Å².